The van der Waals surface area contributed by atoms with Gasteiger partial charge in [-0.2, -0.15) is 0 Å². The van der Waals surface area contributed by atoms with Gasteiger partial charge in [-0.15, -0.1) is 0 Å². The topological polar surface area (TPSA) is 42.2 Å². The number of hydrogen-bond acceptors (Lipinski definition) is 3. The molecule has 5 nitrogen and oxygen atoms in total. The van der Waals surface area contributed by atoms with Crippen LogP contribution < -0.4 is 11.0 Å². The Kier molecular flexibility index (Phi) is 4.22. The molecule has 112 valence electrons. The quantitative estimate of drug-likeness (QED) is 0.896. The van der Waals surface area contributed by atoms with Crippen LogP contribution in [0.4, 0.5) is 0 Å². The molecule has 1 saturated heterocycles. The molecule has 0 amide bonds. The van der Waals surface area contributed by atoms with Crippen LogP contribution in [-0.2, 0) is 13.5 Å². The molecule has 1 aliphatic heterocycles. The fraction of sp³-hybridized carbons (Fsp3) is 0.438. The standard InChI is InChI=1S/C16H22N4O/c1-18-11-12-20(16(18)21)15-4-2-3-14(13-15)5-8-19-9-6-17-7-10-19/h2-4,11-13,17H,5-10H2,1H3. The molecule has 3 rings (SSSR count). The lowest BCUT2D eigenvalue weighted by atomic mass is 10.1. The van der Waals surface area contributed by atoms with E-state index in [9.17, 15) is 4.79 Å². The molecular weight excluding hydrogens is 264 g/mol. The van der Waals surface area contributed by atoms with E-state index in [-0.39, 0.29) is 5.69 Å². The maximum absolute atomic E-state index is 12.0. The van der Waals surface area contributed by atoms with E-state index in [2.05, 4.69) is 22.3 Å². The number of rotatable bonds is 4. The van der Waals surface area contributed by atoms with Crippen molar-refractivity contribution in [1.82, 2.24) is 19.4 Å². The van der Waals surface area contributed by atoms with Crippen molar-refractivity contribution in [2.75, 3.05) is 32.7 Å². The second kappa shape index (κ2) is 6.28. The second-order valence-corrected chi connectivity index (χ2v) is 5.57. The third-order valence-corrected chi connectivity index (χ3v) is 4.06. The first kappa shape index (κ1) is 14.1. The zero-order valence-corrected chi connectivity index (χ0v) is 12.5. The molecule has 0 aliphatic carbocycles. The Balaban J connectivity index is 1.71. The van der Waals surface area contributed by atoms with Gasteiger partial charge in [0.05, 0.1) is 5.69 Å². The summed E-state index contributed by atoms with van der Waals surface area (Å²) in [6.45, 7) is 5.49. The molecule has 1 fully saturated rings. The predicted molar refractivity (Wildman–Crippen MR) is 84.0 cm³/mol. The Morgan fingerprint density at radius 2 is 2.00 bits per heavy atom. The number of aryl methyl sites for hydroxylation is 1. The average Bonchev–Trinajstić information content (AvgIpc) is 2.86. The predicted octanol–water partition coefficient (Wildman–Crippen LogP) is 0.624. The summed E-state index contributed by atoms with van der Waals surface area (Å²) in [4.78, 5) is 14.5. The van der Waals surface area contributed by atoms with Crippen LogP contribution in [0.1, 0.15) is 5.56 Å². The highest BCUT2D eigenvalue weighted by molar-refractivity contribution is 5.36. The van der Waals surface area contributed by atoms with E-state index < -0.39 is 0 Å². The van der Waals surface area contributed by atoms with Crippen LogP contribution in [0.2, 0.25) is 0 Å². The zero-order valence-electron chi connectivity index (χ0n) is 12.5. The molecule has 2 heterocycles. The molecule has 0 spiro atoms. The van der Waals surface area contributed by atoms with Crippen LogP contribution in [0.3, 0.4) is 0 Å². The first-order chi connectivity index (χ1) is 10.2. The van der Waals surface area contributed by atoms with Gasteiger partial charge in [0, 0.05) is 52.2 Å². The Bertz CT molecular complexity index is 652. The van der Waals surface area contributed by atoms with Crippen LogP contribution in [0.5, 0.6) is 0 Å². The second-order valence-electron chi connectivity index (χ2n) is 5.57. The highest BCUT2D eigenvalue weighted by atomic mass is 16.1. The van der Waals surface area contributed by atoms with Gasteiger partial charge < -0.3 is 14.8 Å². The van der Waals surface area contributed by atoms with Crippen molar-refractivity contribution in [3.8, 4) is 5.69 Å². The summed E-state index contributed by atoms with van der Waals surface area (Å²) in [6, 6.07) is 8.26. The first-order valence-electron chi connectivity index (χ1n) is 7.50. The Morgan fingerprint density at radius 3 is 2.71 bits per heavy atom. The fourth-order valence-corrected chi connectivity index (χ4v) is 2.74. The Morgan fingerprint density at radius 1 is 1.19 bits per heavy atom. The van der Waals surface area contributed by atoms with E-state index >= 15 is 0 Å². The summed E-state index contributed by atoms with van der Waals surface area (Å²) in [5.74, 6) is 0. The summed E-state index contributed by atoms with van der Waals surface area (Å²) in [7, 11) is 1.77. The lowest BCUT2D eigenvalue weighted by Crippen LogP contribution is -2.44. The number of aromatic nitrogens is 2. The van der Waals surface area contributed by atoms with Crippen molar-refractivity contribution < 1.29 is 0 Å². The summed E-state index contributed by atoms with van der Waals surface area (Å²) >= 11 is 0. The third-order valence-electron chi connectivity index (χ3n) is 4.06. The molecule has 0 bridgehead atoms. The van der Waals surface area contributed by atoms with Crippen molar-refractivity contribution in [2.24, 2.45) is 7.05 Å². The van der Waals surface area contributed by atoms with Crippen molar-refractivity contribution in [3.05, 3.63) is 52.7 Å². The number of hydrogen-bond donors (Lipinski definition) is 1. The maximum Gasteiger partial charge on any atom is 0.332 e. The maximum atomic E-state index is 12.0. The SMILES string of the molecule is Cn1ccn(-c2cccc(CCN3CCNCC3)c2)c1=O. The van der Waals surface area contributed by atoms with E-state index in [4.69, 9.17) is 0 Å². The number of nitrogens with zero attached hydrogens (tertiary/aromatic N) is 3. The zero-order chi connectivity index (χ0) is 14.7. The van der Waals surface area contributed by atoms with Gasteiger partial charge in [-0.25, -0.2) is 4.79 Å². The number of nitrogens with one attached hydrogen (secondary N) is 1. The molecular formula is C16H22N4O. The minimum absolute atomic E-state index is 0.00532. The van der Waals surface area contributed by atoms with Crippen molar-refractivity contribution in [3.63, 3.8) is 0 Å². The highest BCUT2D eigenvalue weighted by Gasteiger charge is 2.09. The number of imidazole rings is 1. The summed E-state index contributed by atoms with van der Waals surface area (Å²) < 4.78 is 3.28. The monoisotopic (exact) mass is 286 g/mol. The van der Waals surface area contributed by atoms with Gasteiger partial charge in [-0.05, 0) is 24.1 Å². The van der Waals surface area contributed by atoms with Gasteiger partial charge in [0.2, 0.25) is 0 Å². The van der Waals surface area contributed by atoms with E-state index in [1.165, 1.54) is 5.56 Å². The highest BCUT2D eigenvalue weighted by Crippen LogP contribution is 2.10. The third kappa shape index (κ3) is 3.25. The summed E-state index contributed by atoms with van der Waals surface area (Å²) in [5.41, 5.74) is 2.22. The molecule has 5 heteroatoms. The molecule has 0 unspecified atom stereocenters. The van der Waals surface area contributed by atoms with Crippen LogP contribution in [-0.4, -0.2) is 46.8 Å². The van der Waals surface area contributed by atoms with Crippen LogP contribution in [0.25, 0.3) is 5.69 Å². The smallest absolute Gasteiger partial charge is 0.314 e. The van der Waals surface area contributed by atoms with Gasteiger partial charge in [-0.1, -0.05) is 12.1 Å². The van der Waals surface area contributed by atoms with E-state index in [0.717, 1.165) is 44.8 Å². The number of benzene rings is 1. The Labute approximate surface area is 124 Å². The normalized spacial score (nSPS) is 16.2. The fourth-order valence-electron chi connectivity index (χ4n) is 2.74. The molecule has 1 aromatic carbocycles. The van der Waals surface area contributed by atoms with Gasteiger partial charge in [0.25, 0.3) is 0 Å². The molecule has 21 heavy (non-hydrogen) atoms. The lowest BCUT2D eigenvalue weighted by Gasteiger charge is -2.27. The minimum atomic E-state index is -0.00532. The summed E-state index contributed by atoms with van der Waals surface area (Å²) in [6.07, 6.45) is 4.63. The Hall–Kier alpha value is -1.85. The van der Waals surface area contributed by atoms with Crippen molar-refractivity contribution >= 4 is 0 Å². The van der Waals surface area contributed by atoms with Crippen molar-refractivity contribution in [1.29, 1.82) is 0 Å². The number of piperazine rings is 1. The molecule has 1 aromatic heterocycles. The summed E-state index contributed by atoms with van der Waals surface area (Å²) in [5, 5.41) is 3.37. The first-order valence-corrected chi connectivity index (χ1v) is 7.50. The van der Waals surface area contributed by atoms with Crippen LogP contribution in [0.15, 0.2) is 41.5 Å². The average molecular weight is 286 g/mol. The molecule has 0 saturated carbocycles. The minimum Gasteiger partial charge on any atom is -0.314 e. The van der Waals surface area contributed by atoms with Gasteiger partial charge >= 0.3 is 5.69 Å². The van der Waals surface area contributed by atoms with E-state index in [1.807, 2.05) is 18.3 Å². The van der Waals surface area contributed by atoms with Gasteiger partial charge in [0.15, 0.2) is 0 Å². The largest absolute Gasteiger partial charge is 0.332 e. The lowest BCUT2D eigenvalue weighted by molar-refractivity contribution is 0.244. The van der Waals surface area contributed by atoms with E-state index in [1.54, 1.807) is 22.4 Å². The van der Waals surface area contributed by atoms with Crippen LogP contribution in [0, 0.1) is 0 Å². The van der Waals surface area contributed by atoms with Gasteiger partial charge in [-0.3, -0.25) is 4.57 Å². The molecule has 1 aliphatic rings. The molecule has 0 radical (unpaired) electrons. The van der Waals surface area contributed by atoms with Crippen molar-refractivity contribution in [2.45, 2.75) is 6.42 Å². The van der Waals surface area contributed by atoms with Gasteiger partial charge in [0.1, 0.15) is 0 Å². The van der Waals surface area contributed by atoms with E-state index in [0.29, 0.717) is 0 Å². The van der Waals surface area contributed by atoms with Crippen LogP contribution >= 0.6 is 0 Å². The molecule has 2 aromatic rings. The molecule has 0 atom stereocenters. The molecule has 1 N–H and O–H groups in total.